The van der Waals surface area contributed by atoms with Gasteiger partial charge in [0.2, 0.25) is 0 Å². The zero-order chi connectivity index (χ0) is 10.2. The Bertz CT molecular complexity index is 136. The summed E-state index contributed by atoms with van der Waals surface area (Å²) in [6.45, 7) is 4.68. The van der Waals surface area contributed by atoms with Gasteiger partial charge in [-0.05, 0) is 38.9 Å². The number of nitrogens with one attached hydrogen (secondary N) is 1. The second kappa shape index (κ2) is 7.17. The molecule has 0 unspecified atom stereocenters. The molecule has 0 spiro atoms. The second-order valence-electron chi connectivity index (χ2n) is 3.94. The lowest BCUT2D eigenvalue weighted by Crippen LogP contribution is -2.35. The first-order chi connectivity index (χ1) is 6.83. The van der Waals surface area contributed by atoms with Gasteiger partial charge in [0.25, 0.3) is 0 Å². The van der Waals surface area contributed by atoms with Crippen LogP contribution in [0.15, 0.2) is 0 Å². The lowest BCUT2D eigenvalue weighted by molar-refractivity contribution is -0.00292. The van der Waals surface area contributed by atoms with Crippen molar-refractivity contribution in [2.75, 3.05) is 47.0 Å². The maximum Gasteiger partial charge on any atom is 0.0915 e. The lowest BCUT2D eigenvalue weighted by Gasteiger charge is -2.28. The molecule has 0 aromatic carbocycles. The zero-order valence-electron chi connectivity index (χ0n) is 9.29. The molecule has 0 aliphatic carbocycles. The summed E-state index contributed by atoms with van der Waals surface area (Å²) >= 11 is 0. The highest BCUT2D eigenvalue weighted by Crippen LogP contribution is 2.14. The number of methoxy groups -OCH3 is 1. The maximum absolute atomic E-state index is 5.22. The van der Waals surface area contributed by atoms with Crippen molar-refractivity contribution >= 4 is 0 Å². The Kier molecular flexibility index (Phi) is 6.10. The molecule has 0 aromatic heterocycles. The smallest absolute Gasteiger partial charge is 0.0915 e. The molecule has 0 amide bonds. The van der Waals surface area contributed by atoms with Crippen molar-refractivity contribution in [3.05, 3.63) is 0 Å². The Hall–Kier alpha value is -0.160. The summed E-state index contributed by atoms with van der Waals surface area (Å²) in [6.07, 6.45) is 2.55. The SMILES string of the molecule is COCCONCC1CCN(C)CC1. The summed E-state index contributed by atoms with van der Waals surface area (Å²) < 4.78 is 4.88. The van der Waals surface area contributed by atoms with E-state index in [1.54, 1.807) is 7.11 Å². The van der Waals surface area contributed by atoms with Gasteiger partial charge >= 0.3 is 0 Å². The molecule has 0 bridgehead atoms. The maximum atomic E-state index is 5.22. The molecule has 0 radical (unpaired) electrons. The van der Waals surface area contributed by atoms with Crippen LogP contribution >= 0.6 is 0 Å². The minimum absolute atomic E-state index is 0.628. The molecular weight excluding hydrogens is 180 g/mol. The van der Waals surface area contributed by atoms with Crippen LogP contribution in [-0.2, 0) is 9.57 Å². The third kappa shape index (κ3) is 4.91. The molecule has 1 rings (SSSR count). The molecule has 1 N–H and O–H groups in total. The third-order valence-corrected chi connectivity index (χ3v) is 2.70. The van der Waals surface area contributed by atoms with Gasteiger partial charge < -0.3 is 9.64 Å². The Balaban J connectivity index is 1.91. The first-order valence-corrected chi connectivity index (χ1v) is 5.35. The average Bonchev–Trinajstić information content (AvgIpc) is 2.21. The predicted molar refractivity (Wildman–Crippen MR) is 56.1 cm³/mol. The number of likely N-dealkylation sites (tertiary alicyclic amines) is 1. The van der Waals surface area contributed by atoms with E-state index in [0.29, 0.717) is 13.2 Å². The van der Waals surface area contributed by atoms with Gasteiger partial charge in [0, 0.05) is 13.7 Å². The van der Waals surface area contributed by atoms with Crippen LogP contribution in [0.3, 0.4) is 0 Å². The molecule has 1 fully saturated rings. The standard InChI is InChI=1S/C10H22N2O2/c1-12-5-3-10(4-6-12)9-11-14-8-7-13-2/h10-11H,3-9H2,1-2H3. The Morgan fingerprint density at radius 2 is 2.00 bits per heavy atom. The van der Waals surface area contributed by atoms with Gasteiger partial charge in [-0.25, -0.2) is 5.48 Å². The van der Waals surface area contributed by atoms with E-state index in [1.807, 2.05) is 0 Å². The number of hydroxylamine groups is 1. The van der Waals surface area contributed by atoms with E-state index in [4.69, 9.17) is 9.57 Å². The van der Waals surface area contributed by atoms with E-state index in [1.165, 1.54) is 25.9 Å². The van der Waals surface area contributed by atoms with Crippen LogP contribution in [0.5, 0.6) is 0 Å². The Morgan fingerprint density at radius 1 is 1.29 bits per heavy atom. The van der Waals surface area contributed by atoms with Crippen molar-refractivity contribution < 1.29 is 9.57 Å². The highest BCUT2D eigenvalue weighted by molar-refractivity contribution is 4.70. The van der Waals surface area contributed by atoms with Gasteiger partial charge in [0.1, 0.15) is 0 Å². The minimum Gasteiger partial charge on any atom is -0.382 e. The van der Waals surface area contributed by atoms with Crippen molar-refractivity contribution in [3.63, 3.8) is 0 Å². The first-order valence-electron chi connectivity index (χ1n) is 5.35. The Labute approximate surface area is 86.5 Å². The van der Waals surface area contributed by atoms with Crippen LogP contribution in [0.2, 0.25) is 0 Å². The molecule has 1 heterocycles. The molecule has 1 aliphatic heterocycles. The minimum atomic E-state index is 0.628. The van der Waals surface area contributed by atoms with Gasteiger partial charge in [0.15, 0.2) is 0 Å². The third-order valence-electron chi connectivity index (χ3n) is 2.70. The fourth-order valence-electron chi connectivity index (χ4n) is 1.64. The van der Waals surface area contributed by atoms with Crippen LogP contribution in [0.4, 0.5) is 0 Å². The summed E-state index contributed by atoms with van der Waals surface area (Å²) in [5.74, 6) is 0.772. The summed E-state index contributed by atoms with van der Waals surface area (Å²) in [7, 11) is 3.86. The van der Waals surface area contributed by atoms with E-state index in [-0.39, 0.29) is 0 Å². The highest BCUT2D eigenvalue weighted by atomic mass is 16.7. The number of hydrogen-bond donors (Lipinski definition) is 1. The summed E-state index contributed by atoms with van der Waals surface area (Å²) in [5, 5.41) is 0. The Morgan fingerprint density at radius 3 is 2.64 bits per heavy atom. The number of piperidine rings is 1. The van der Waals surface area contributed by atoms with Crippen LogP contribution < -0.4 is 5.48 Å². The van der Waals surface area contributed by atoms with Crippen molar-refractivity contribution in [3.8, 4) is 0 Å². The molecule has 14 heavy (non-hydrogen) atoms. The van der Waals surface area contributed by atoms with Gasteiger partial charge in [-0.15, -0.1) is 0 Å². The van der Waals surface area contributed by atoms with E-state index < -0.39 is 0 Å². The summed E-state index contributed by atoms with van der Waals surface area (Å²) in [4.78, 5) is 7.59. The second-order valence-corrected chi connectivity index (χ2v) is 3.94. The lowest BCUT2D eigenvalue weighted by atomic mass is 9.98. The largest absolute Gasteiger partial charge is 0.382 e. The molecule has 0 atom stereocenters. The first kappa shape index (κ1) is 11.9. The van der Waals surface area contributed by atoms with E-state index >= 15 is 0 Å². The van der Waals surface area contributed by atoms with Gasteiger partial charge in [-0.1, -0.05) is 0 Å². The van der Waals surface area contributed by atoms with Crippen LogP contribution in [0, 0.1) is 5.92 Å². The quantitative estimate of drug-likeness (QED) is 0.502. The van der Waals surface area contributed by atoms with Crippen molar-refractivity contribution in [2.24, 2.45) is 5.92 Å². The molecule has 0 saturated carbocycles. The van der Waals surface area contributed by atoms with Crippen molar-refractivity contribution in [1.29, 1.82) is 0 Å². The zero-order valence-corrected chi connectivity index (χ0v) is 9.29. The number of ether oxygens (including phenoxy) is 1. The topological polar surface area (TPSA) is 33.7 Å². The molecule has 84 valence electrons. The molecule has 1 aliphatic rings. The summed E-state index contributed by atoms with van der Waals surface area (Å²) in [5.41, 5.74) is 3.01. The van der Waals surface area contributed by atoms with E-state index in [0.717, 1.165) is 12.5 Å². The molecule has 1 saturated heterocycles. The van der Waals surface area contributed by atoms with Crippen LogP contribution in [0.25, 0.3) is 0 Å². The van der Waals surface area contributed by atoms with Crippen LogP contribution in [0.1, 0.15) is 12.8 Å². The van der Waals surface area contributed by atoms with Crippen molar-refractivity contribution in [2.45, 2.75) is 12.8 Å². The fourth-order valence-corrected chi connectivity index (χ4v) is 1.64. The molecule has 4 heteroatoms. The fraction of sp³-hybridized carbons (Fsp3) is 1.00. The van der Waals surface area contributed by atoms with Gasteiger partial charge in [0.05, 0.1) is 13.2 Å². The van der Waals surface area contributed by atoms with Crippen molar-refractivity contribution in [1.82, 2.24) is 10.4 Å². The van der Waals surface area contributed by atoms with Crippen LogP contribution in [-0.4, -0.2) is 51.9 Å². The molecule has 4 nitrogen and oxygen atoms in total. The molecule has 0 aromatic rings. The van der Waals surface area contributed by atoms with Gasteiger partial charge in [-0.3, -0.25) is 4.84 Å². The normalized spacial score (nSPS) is 20.1. The van der Waals surface area contributed by atoms with E-state index in [9.17, 15) is 0 Å². The number of rotatable bonds is 6. The highest BCUT2D eigenvalue weighted by Gasteiger charge is 2.15. The van der Waals surface area contributed by atoms with E-state index in [2.05, 4.69) is 17.4 Å². The average molecular weight is 202 g/mol. The number of nitrogens with zero attached hydrogens (tertiary/aromatic N) is 1. The van der Waals surface area contributed by atoms with Gasteiger partial charge in [-0.2, -0.15) is 0 Å². The summed E-state index contributed by atoms with van der Waals surface area (Å²) in [6, 6.07) is 0. The predicted octanol–water partition coefficient (Wildman–Crippen LogP) is 0.496. The molecular formula is C10H22N2O2. The monoisotopic (exact) mass is 202 g/mol. The number of hydrogen-bond acceptors (Lipinski definition) is 4.